The number of benzene rings is 1. The van der Waals surface area contributed by atoms with Gasteiger partial charge in [-0.1, -0.05) is 30.3 Å². The summed E-state index contributed by atoms with van der Waals surface area (Å²) in [4.78, 5) is 27.7. The largest absolute Gasteiger partial charge is 0.481 e. The summed E-state index contributed by atoms with van der Waals surface area (Å²) in [5, 5.41) is 14.6. The van der Waals surface area contributed by atoms with Crippen molar-refractivity contribution in [1.82, 2.24) is 10.3 Å². The SMILES string of the molecule is CC(NC(=O)CC(C)(C)C(=O)O)c1nc(-c2ccccc2)cs1. The van der Waals surface area contributed by atoms with E-state index in [1.54, 1.807) is 0 Å². The zero-order valence-corrected chi connectivity index (χ0v) is 14.2. The van der Waals surface area contributed by atoms with Crippen LogP contribution in [0.2, 0.25) is 0 Å². The van der Waals surface area contributed by atoms with E-state index in [9.17, 15) is 9.59 Å². The molecule has 0 saturated carbocycles. The van der Waals surface area contributed by atoms with Crippen LogP contribution in [0.1, 0.15) is 38.2 Å². The van der Waals surface area contributed by atoms with E-state index < -0.39 is 11.4 Å². The van der Waals surface area contributed by atoms with Crippen molar-refractivity contribution in [2.75, 3.05) is 0 Å². The quantitative estimate of drug-likeness (QED) is 0.848. The van der Waals surface area contributed by atoms with Crippen molar-refractivity contribution in [3.8, 4) is 11.3 Å². The number of carbonyl (C=O) groups is 2. The zero-order valence-electron chi connectivity index (χ0n) is 13.4. The monoisotopic (exact) mass is 332 g/mol. The van der Waals surface area contributed by atoms with Gasteiger partial charge in [0, 0.05) is 17.4 Å². The van der Waals surface area contributed by atoms with Crippen molar-refractivity contribution in [2.24, 2.45) is 5.41 Å². The van der Waals surface area contributed by atoms with Crippen molar-refractivity contribution >= 4 is 23.2 Å². The Morgan fingerprint density at radius 3 is 2.57 bits per heavy atom. The second-order valence-electron chi connectivity index (χ2n) is 6.09. The molecule has 1 aromatic carbocycles. The number of thiazole rings is 1. The Balaban J connectivity index is 2.02. The normalized spacial score (nSPS) is 12.7. The molecule has 0 aliphatic rings. The summed E-state index contributed by atoms with van der Waals surface area (Å²) in [6.07, 6.45) is -0.0659. The topological polar surface area (TPSA) is 79.3 Å². The van der Waals surface area contributed by atoms with E-state index in [2.05, 4.69) is 10.3 Å². The molecule has 0 bridgehead atoms. The third-order valence-electron chi connectivity index (χ3n) is 3.52. The summed E-state index contributed by atoms with van der Waals surface area (Å²) in [5.74, 6) is -1.28. The number of carbonyl (C=O) groups excluding carboxylic acids is 1. The molecule has 6 heteroatoms. The lowest BCUT2D eigenvalue weighted by atomic mass is 9.89. The molecule has 0 saturated heterocycles. The minimum Gasteiger partial charge on any atom is -0.481 e. The first-order chi connectivity index (χ1) is 10.8. The number of nitrogens with one attached hydrogen (secondary N) is 1. The van der Waals surface area contributed by atoms with E-state index in [1.807, 2.05) is 42.6 Å². The predicted molar refractivity (Wildman–Crippen MR) is 90.1 cm³/mol. The molecule has 0 spiro atoms. The Bertz CT molecular complexity index is 695. The van der Waals surface area contributed by atoms with Crippen LogP contribution in [0.3, 0.4) is 0 Å². The molecule has 2 aromatic rings. The van der Waals surface area contributed by atoms with Gasteiger partial charge in [-0.3, -0.25) is 9.59 Å². The highest BCUT2D eigenvalue weighted by Crippen LogP contribution is 2.26. The molecular formula is C17H20N2O3S. The lowest BCUT2D eigenvalue weighted by molar-refractivity contribution is -0.149. The highest BCUT2D eigenvalue weighted by atomic mass is 32.1. The fraction of sp³-hybridized carbons (Fsp3) is 0.353. The first kappa shape index (κ1) is 17.1. The molecule has 0 aliphatic carbocycles. The van der Waals surface area contributed by atoms with Crippen LogP contribution in [0.5, 0.6) is 0 Å². The van der Waals surface area contributed by atoms with Gasteiger partial charge in [0.25, 0.3) is 0 Å². The number of hydrogen-bond donors (Lipinski definition) is 2. The Labute approximate surface area is 139 Å². The molecule has 0 radical (unpaired) electrons. The van der Waals surface area contributed by atoms with Crippen molar-refractivity contribution in [1.29, 1.82) is 0 Å². The summed E-state index contributed by atoms with van der Waals surface area (Å²) in [5.41, 5.74) is 0.820. The molecule has 1 aromatic heterocycles. The maximum atomic E-state index is 12.0. The van der Waals surface area contributed by atoms with Gasteiger partial charge in [0.2, 0.25) is 5.91 Å². The molecule has 1 amide bonds. The van der Waals surface area contributed by atoms with E-state index in [-0.39, 0.29) is 18.4 Å². The summed E-state index contributed by atoms with van der Waals surface area (Å²) in [7, 11) is 0. The molecule has 122 valence electrons. The average Bonchev–Trinajstić information content (AvgIpc) is 2.97. The summed E-state index contributed by atoms with van der Waals surface area (Å²) in [6, 6.07) is 9.56. The van der Waals surface area contributed by atoms with Crippen LogP contribution in [0.4, 0.5) is 0 Å². The molecule has 1 atom stereocenters. The number of aromatic nitrogens is 1. The minimum absolute atomic E-state index is 0.0659. The molecular weight excluding hydrogens is 312 g/mol. The van der Waals surface area contributed by atoms with Crippen molar-refractivity contribution < 1.29 is 14.7 Å². The number of nitrogens with zero attached hydrogens (tertiary/aromatic N) is 1. The fourth-order valence-electron chi connectivity index (χ4n) is 2.06. The maximum Gasteiger partial charge on any atom is 0.309 e. The van der Waals surface area contributed by atoms with Crippen LogP contribution in [0.25, 0.3) is 11.3 Å². The van der Waals surface area contributed by atoms with Gasteiger partial charge in [-0.25, -0.2) is 4.98 Å². The minimum atomic E-state index is -1.08. The van der Waals surface area contributed by atoms with Crippen LogP contribution in [-0.4, -0.2) is 22.0 Å². The van der Waals surface area contributed by atoms with Gasteiger partial charge in [0.15, 0.2) is 0 Å². The van der Waals surface area contributed by atoms with Gasteiger partial charge in [-0.2, -0.15) is 0 Å². The average molecular weight is 332 g/mol. The molecule has 1 heterocycles. The number of aliphatic carboxylic acids is 1. The third kappa shape index (κ3) is 4.39. The number of rotatable bonds is 6. The third-order valence-corrected chi connectivity index (χ3v) is 4.55. The zero-order chi connectivity index (χ0) is 17.0. The Morgan fingerprint density at radius 2 is 1.96 bits per heavy atom. The van der Waals surface area contributed by atoms with E-state index >= 15 is 0 Å². The van der Waals surface area contributed by atoms with Gasteiger partial charge < -0.3 is 10.4 Å². The van der Waals surface area contributed by atoms with E-state index in [0.29, 0.717) is 0 Å². The van der Waals surface area contributed by atoms with E-state index in [1.165, 1.54) is 25.2 Å². The first-order valence-electron chi connectivity index (χ1n) is 7.33. The van der Waals surface area contributed by atoms with Gasteiger partial charge in [0.1, 0.15) is 5.01 Å². The summed E-state index contributed by atoms with van der Waals surface area (Å²) < 4.78 is 0. The molecule has 2 rings (SSSR count). The summed E-state index contributed by atoms with van der Waals surface area (Å²) >= 11 is 1.48. The maximum absolute atomic E-state index is 12.0. The molecule has 23 heavy (non-hydrogen) atoms. The van der Waals surface area contributed by atoms with Crippen molar-refractivity contribution in [3.05, 3.63) is 40.7 Å². The highest BCUT2D eigenvalue weighted by molar-refractivity contribution is 7.10. The Morgan fingerprint density at radius 1 is 1.30 bits per heavy atom. The number of carboxylic acids is 1. The molecule has 0 aliphatic heterocycles. The lowest BCUT2D eigenvalue weighted by Gasteiger charge is -2.19. The fourth-order valence-corrected chi connectivity index (χ4v) is 2.89. The molecule has 5 nitrogen and oxygen atoms in total. The van der Waals surface area contributed by atoms with Crippen LogP contribution in [-0.2, 0) is 9.59 Å². The summed E-state index contributed by atoms with van der Waals surface area (Å²) in [6.45, 7) is 4.92. The smallest absolute Gasteiger partial charge is 0.309 e. The van der Waals surface area contributed by atoms with Gasteiger partial charge >= 0.3 is 5.97 Å². The number of amides is 1. The van der Waals surface area contributed by atoms with Crippen molar-refractivity contribution in [3.63, 3.8) is 0 Å². The van der Waals surface area contributed by atoms with Gasteiger partial charge in [-0.15, -0.1) is 11.3 Å². The molecule has 2 N–H and O–H groups in total. The van der Waals surface area contributed by atoms with Crippen molar-refractivity contribution in [2.45, 2.75) is 33.2 Å². The lowest BCUT2D eigenvalue weighted by Crippen LogP contribution is -2.34. The highest BCUT2D eigenvalue weighted by Gasteiger charge is 2.30. The molecule has 0 fully saturated rings. The first-order valence-corrected chi connectivity index (χ1v) is 8.21. The van der Waals surface area contributed by atoms with Crippen LogP contribution >= 0.6 is 11.3 Å². The van der Waals surface area contributed by atoms with Crippen LogP contribution in [0, 0.1) is 5.41 Å². The molecule has 1 unspecified atom stereocenters. The standard InChI is InChI=1S/C17H20N2O3S/c1-11(18-14(20)9-17(2,3)16(21)22)15-19-13(10-23-15)12-7-5-4-6-8-12/h4-8,10-11H,9H2,1-3H3,(H,18,20)(H,21,22). The Hall–Kier alpha value is -2.21. The van der Waals surface area contributed by atoms with Gasteiger partial charge in [-0.05, 0) is 20.8 Å². The van der Waals surface area contributed by atoms with Crippen LogP contribution < -0.4 is 5.32 Å². The Kier molecular flexibility index (Phi) is 5.15. The second-order valence-corrected chi connectivity index (χ2v) is 6.98. The number of carboxylic acid groups (broad SMARTS) is 1. The van der Waals surface area contributed by atoms with E-state index in [4.69, 9.17) is 5.11 Å². The van der Waals surface area contributed by atoms with Gasteiger partial charge in [0.05, 0.1) is 17.2 Å². The second kappa shape index (κ2) is 6.91. The predicted octanol–water partition coefficient (Wildman–Crippen LogP) is 3.49. The van der Waals surface area contributed by atoms with E-state index in [0.717, 1.165) is 16.3 Å². The number of hydrogen-bond acceptors (Lipinski definition) is 4. The van der Waals surface area contributed by atoms with Crippen LogP contribution in [0.15, 0.2) is 35.7 Å².